The van der Waals surface area contributed by atoms with Crippen molar-refractivity contribution in [2.75, 3.05) is 9.91 Å². The Bertz CT molecular complexity index is 972. The Morgan fingerprint density at radius 3 is 2.27 bits per heavy atom. The van der Waals surface area contributed by atoms with Crippen LogP contribution in [-0.4, -0.2) is 23.9 Å². The molecule has 1 saturated heterocycles. The number of nitrogens with zero attached hydrogens (tertiary/aromatic N) is 4. The van der Waals surface area contributed by atoms with E-state index in [4.69, 9.17) is 11.6 Å². The fourth-order valence-corrected chi connectivity index (χ4v) is 3.39. The first-order chi connectivity index (χ1) is 12.4. The van der Waals surface area contributed by atoms with Gasteiger partial charge in [0.15, 0.2) is 12.1 Å². The Balaban J connectivity index is 1.71. The van der Waals surface area contributed by atoms with E-state index in [-0.39, 0.29) is 11.8 Å². The van der Waals surface area contributed by atoms with Gasteiger partial charge in [-0.1, -0.05) is 29.0 Å². The zero-order chi connectivity index (χ0) is 18.6. The van der Waals surface area contributed by atoms with Crippen LogP contribution in [0.3, 0.4) is 0 Å². The number of anilines is 2. The van der Waals surface area contributed by atoms with E-state index in [0.29, 0.717) is 10.7 Å². The largest absolute Gasteiger partial charge is 0.271 e. The Hall–Kier alpha value is -2.73. The first-order valence-corrected chi connectivity index (χ1v) is 8.67. The van der Waals surface area contributed by atoms with Crippen LogP contribution in [0.1, 0.15) is 16.7 Å². The van der Waals surface area contributed by atoms with Crippen LogP contribution < -0.4 is 9.91 Å². The smallest absolute Gasteiger partial charge is 0.263 e. The van der Waals surface area contributed by atoms with Crippen molar-refractivity contribution in [3.63, 3.8) is 0 Å². The number of benzene rings is 2. The summed E-state index contributed by atoms with van der Waals surface area (Å²) in [7, 11) is 0. The van der Waals surface area contributed by atoms with Crippen molar-refractivity contribution < 1.29 is 9.59 Å². The maximum Gasteiger partial charge on any atom is 0.263 e. The first kappa shape index (κ1) is 16.7. The van der Waals surface area contributed by atoms with Gasteiger partial charge in [-0.25, -0.2) is 9.91 Å². The minimum absolute atomic E-state index is 0.344. The highest BCUT2D eigenvalue weighted by Crippen LogP contribution is 2.36. The fraction of sp³-hybridized carbons (Fsp3) is 0.263. The van der Waals surface area contributed by atoms with Gasteiger partial charge in [-0.2, -0.15) is 5.11 Å². The monoisotopic (exact) mass is 368 g/mol. The number of imide groups is 1. The van der Waals surface area contributed by atoms with E-state index in [1.165, 1.54) is 5.01 Å². The number of aryl methyl sites for hydroxylation is 3. The molecule has 4 rings (SSSR count). The molecular formula is C19H17ClN4O2. The topological polar surface area (TPSA) is 65.3 Å². The fourth-order valence-electron chi connectivity index (χ4n) is 3.22. The summed E-state index contributed by atoms with van der Waals surface area (Å²) >= 11 is 6.16. The number of carbonyl (C=O) groups excluding carboxylic acids is 2. The normalized spacial score (nSPS) is 21.7. The standard InChI is InChI=1S/C19H17ClN4O2/c1-10-4-7-14(8-12(10)3)24-17-16(21-22-24)18(25)23(19(17)26)13-6-5-11(2)15(20)9-13/h4-9,16-17H,1-3H3. The van der Waals surface area contributed by atoms with Crippen LogP contribution in [0.2, 0.25) is 5.02 Å². The molecule has 1 fully saturated rings. The highest BCUT2D eigenvalue weighted by Gasteiger charge is 2.55. The van der Waals surface area contributed by atoms with Gasteiger partial charge in [0, 0.05) is 5.02 Å². The van der Waals surface area contributed by atoms with E-state index in [0.717, 1.165) is 27.3 Å². The lowest BCUT2D eigenvalue weighted by Crippen LogP contribution is -2.40. The third-order valence-electron chi connectivity index (χ3n) is 4.95. The van der Waals surface area contributed by atoms with Crippen molar-refractivity contribution in [1.82, 2.24) is 0 Å². The quantitative estimate of drug-likeness (QED) is 0.758. The molecule has 0 radical (unpaired) electrons. The number of amides is 2. The van der Waals surface area contributed by atoms with Gasteiger partial charge in [-0.3, -0.25) is 9.59 Å². The minimum atomic E-state index is -0.829. The zero-order valence-electron chi connectivity index (χ0n) is 14.6. The Morgan fingerprint density at radius 1 is 0.885 bits per heavy atom. The molecule has 0 aliphatic carbocycles. The molecule has 0 N–H and O–H groups in total. The summed E-state index contributed by atoms with van der Waals surface area (Å²) < 4.78 is 0. The highest BCUT2D eigenvalue weighted by atomic mass is 35.5. The van der Waals surface area contributed by atoms with Gasteiger partial charge >= 0.3 is 0 Å². The average molecular weight is 369 g/mol. The molecule has 7 heteroatoms. The predicted molar refractivity (Wildman–Crippen MR) is 99.5 cm³/mol. The first-order valence-electron chi connectivity index (χ1n) is 8.29. The number of rotatable bonds is 2. The molecule has 6 nitrogen and oxygen atoms in total. The lowest BCUT2D eigenvalue weighted by atomic mass is 10.1. The molecule has 2 aliphatic heterocycles. The van der Waals surface area contributed by atoms with E-state index in [1.54, 1.807) is 18.2 Å². The molecule has 2 aromatic carbocycles. The summed E-state index contributed by atoms with van der Waals surface area (Å²) in [6, 6.07) is 9.34. The molecule has 0 spiro atoms. The third kappa shape index (κ3) is 2.41. The molecule has 0 saturated carbocycles. The van der Waals surface area contributed by atoms with E-state index >= 15 is 0 Å². The van der Waals surface area contributed by atoms with Crippen molar-refractivity contribution in [3.8, 4) is 0 Å². The van der Waals surface area contributed by atoms with Gasteiger partial charge < -0.3 is 0 Å². The zero-order valence-corrected chi connectivity index (χ0v) is 15.4. The van der Waals surface area contributed by atoms with Crippen molar-refractivity contribution in [3.05, 3.63) is 58.1 Å². The molecule has 2 unspecified atom stereocenters. The SMILES string of the molecule is Cc1ccc(N2N=NC3C(=O)N(c4ccc(C)c(Cl)c4)C(=O)C32)cc1C. The highest BCUT2D eigenvalue weighted by molar-refractivity contribution is 6.32. The van der Waals surface area contributed by atoms with Gasteiger partial charge in [0.2, 0.25) is 0 Å². The minimum Gasteiger partial charge on any atom is -0.271 e. The van der Waals surface area contributed by atoms with Crippen LogP contribution in [-0.2, 0) is 9.59 Å². The van der Waals surface area contributed by atoms with E-state index in [2.05, 4.69) is 10.3 Å². The molecular weight excluding hydrogens is 352 g/mol. The molecule has 2 amide bonds. The molecule has 0 bridgehead atoms. The van der Waals surface area contributed by atoms with Crippen LogP contribution in [0.5, 0.6) is 0 Å². The molecule has 2 atom stereocenters. The van der Waals surface area contributed by atoms with Gasteiger partial charge in [-0.05, 0) is 61.7 Å². The summed E-state index contributed by atoms with van der Waals surface area (Å²) in [4.78, 5) is 27.0. The average Bonchev–Trinajstić information content (AvgIpc) is 3.14. The van der Waals surface area contributed by atoms with Crippen LogP contribution in [0.4, 0.5) is 11.4 Å². The van der Waals surface area contributed by atoms with Gasteiger partial charge in [0.25, 0.3) is 11.8 Å². The summed E-state index contributed by atoms with van der Waals surface area (Å²) in [5, 5.41) is 10.2. The summed E-state index contributed by atoms with van der Waals surface area (Å²) in [6.45, 7) is 5.87. The van der Waals surface area contributed by atoms with Crippen LogP contribution in [0.25, 0.3) is 0 Å². The Labute approximate surface area is 156 Å². The van der Waals surface area contributed by atoms with Gasteiger partial charge in [0.05, 0.1) is 11.4 Å². The van der Waals surface area contributed by atoms with Crippen LogP contribution in [0, 0.1) is 20.8 Å². The van der Waals surface area contributed by atoms with Gasteiger partial charge in [-0.15, -0.1) is 0 Å². The summed E-state index contributed by atoms with van der Waals surface area (Å²) in [5.41, 5.74) is 4.31. The third-order valence-corrected chi connectivity index (χ3v) is 5.36. The number of hydrogen-bond donors (Lipinski definition) is 0. The summed E-state index contributed by atoms with van der Waals surface area (Å²) in [5.74, 6) is -0.724. The predicted octanol–water partition coefficient (Wildman–Crippen LogP) is 3.76. The lowest BCUT2D eigenvalue weighted by molar-refractivity contribution is -0.121. The maximum atomic E-state index is 13.0. The lowest BCUT2D eigenvalue weighted by Gasteiger charge is -2.21. The van der Waals surface area contributed by atoms with E-state index in [1.807, 2.05) is 39.0 Å². The van der Waals surface area contributed by atoms with Crippen LogP contribution in [0.15, 0.2) is 46.7 Å². The van der Waals surface area contributed by atoms with Gasteiger partial charge in [0.1, 0.15) is 0 Å². The number of halogens is 1. The molecule has 26 heavy (non-hydrogen) atoms. The van der Waals surface area contributed by atoms with Crippen LogP contribution >= 0.6 is 11.6 Å². The second kappa shape index (κ2) is 5.92. The molecule has 0 aromatic heterocycles. The van der Waals surface area contributed by atoms with Crippen molar-refractivity contribution in [1.29, 1.82) is 0 Å². The Kier molecular flexibility index (Phi) is 3.80. The molecule has 2 aliphatic rings. The van der Waals surface area contributed by atoms with Crippen molar-refractivity contribution in [2.24, 2.45) is 10.3 Å². The van der Waals surface area contributed by atoms with Crippen molar-refractivity contribution >= 4 is 34.8 Å². The summed E-state index contributed by atoms with van der Waals surface area (Å²) in [6.07, 6.45) is 0. The number of fused-ring (bicyclic) bond motifs is 1. The molecule has 2 aromatic rings. The van der Waals surface area contributed by atoms with E-state index in [9.17, 15) is 9.59 Å². The second-order valence-corrected chi connectivity index (χ2v) is 7.06. The molecule has 2 heterocycles. The van der Waals surface area contributed by atoms with E-state index < -0.39 is 12.1 Å². The second-order valence-electron chi connectivity index (χ2n) is 6.65. The maximum absolute atomic E-state index is 13.0. The Morgan fingerprint density at radius 2 is 1.58 bits per heavy atom. The number of hydrogen-bond acceptors (Lipinski definition) is 5. The van der Waals surface area contributed by atoms with Crippen molar-refractivity contribution in [2.45, 2.75) is 32.9 Å². The molecule has 132 valence electrons. The number of carbonyl (C=O) groups is 2.